The second-order valence-electron chi connectivity index (χ2n) is 11.9. The van der Waals surface area contributed by atoms with Crippen molar-refractivity contribution in [2.45, 2.75) is 123 Å². The zero-order valence-corrected chi connectivity index (χ0v) is 29.8. The number of hydrogen-bond acceptors (Lipinski definition) is 20. The SMILES string of the molecule is CC(=O)OC[C@H]1O[C@H](/N=[13C]2\O[C@@H]3[C@@H](OC(C)=O)[C@H](OC(C)=O)[C@@](COC(C)=O)(OC(C)=O)[C@@H]3[15N]2C(C)=O)[C@H](OC(C)=O)[C@@H](OC(C)=O)[C@@H]1OC(C)=O. The third-order valence-electron chi connectivity index (χ3n) is 7.61. The summed E-state index contributed by atoms with van der Waals surface area (Å²) in [5.41, 5.74) is -2.29. The van der Waals surface area contributed by atoms with Crippen molar-refractivity contribution < 1.29 is 90.5 Å². The zero-order valence-electron chi connectivity index (χ0n) is 29.8. The topological polar surface area (TPSA) is 262 Å². The number of esters is 8. The number of nitrogens with zero attached hydrogens (tertiary/aromatic N) is 2. The van der Waals surface area contributed by atoms with Crippen molar-refractivity contribution in [3.63, 3.8) is 0 Å². The molecule has 21 nitrogen and oxygen atoms in total. The van der Waals surface area contributed by atoms with Crippen molar-refractivity contribution in [1.82, 2.24) is 4.90 Å². The first-order chi connectivity index (χ1) is 24.2. The average Bonchev–Trinajstić information content (AvgIpc) is 3.46. The predicted molar refractivity (Wildman–Crippen MR) is 163 cm³/mol. The van der Waals surface area contributed by atoms with Gasteiger partial charge in [-0.05, 0) is 0 Å². The second-order valence-corrected chi connectivity index (χ2v) is 11.9. The summed E-state index contributed by atoms with van der Waals surface area (Å²) in [6, 6.07) is -2.23. The van der Waals surface area contributed by atoms with Gasteiger partial charge < -0.3 is 47.4 Å². The minimum absolute atomic E-state index is 0.599. The first-order valence-corrected chi connectivity index (χ1v) is 15.7. The molecule has 0 aromatic heterocycles. The Labute approximate surface area is 296 Å². The summed E-state index contributed by atoms with van der Waals surface area (Å²) in [6.07, 6.45) is -13.0. The Balaban J connectivity index is 2.30. The van der Waals surface area contributed by atoms with E-state index in [4.69, 9.17) is 47.4 Å². The standard InChI is InChI=1S/C31H40N2O19/c1-12(34)33-27-24(25(47-17(6)39)28(49-19(8)41)31(27,52-20(9)42)11-44-14(3)36)51-30(33)32-29-26(48-18(7)40)23(46-16(5)38)22(45-15(4)37)21(50-29)10-43-13(2)35/h21-29H,10-11H2,1-9H3/b32-30-/t21-,22-,23+,24-,25-,26-,27-,28+,29+,31+/m1/s1/i30+1,33+1. The highest BCUT2D eigenvalue weighted by Gasteiger charge is 2.74. The summed E-state index contributed by atoms with van der Waals surface area (Å²) < 4.78 is 55.3. The largest absolute Gasteiger partial charge is 0.463 e. The molecule has 0 aromatic carbocycles. The molecule has 0 N–H and O–H groups in total. The molecule has 1 saturated carbocycles. The number of ether oxygens (including phenoxy) is 10. The van der Waals surface area contributed by atoms with Crippen LogP contribution in [0.15, 0.2) is 4.99 Å². The normalized spacial score (nSPS) is 31.2. The maximum Gasteiger partial charge on any atom is 0.303 e. The zero-order chi connectivity index (χ0) is 39.2. The predicted octanol–water partition coefficient (Wildman–Crippen LogP) is -1.22. The van der Waals surface area contributed by atoms with Crippen molar-refractivity contribution in [1.29, 1.82) is 0 Å². The van der Waals surface area contributed by atoms with Crippen LogP contribution in [0.25, 0.3) is 0 Å². The van der Waals surface area contributed by atoms with E-state index in [0.717, 1.165) is 67.2 Å². The lowest BCUT2D eigenvalue weighted by atomic mass is 9.95. The van der Waals surface area contributed by atoms with Gasteiger partial charge in [-0.3, -0.25) is 48.1 Å². The first kappa shape index (κ1) is 41.1. The molecule has 10 atom stereocenters. The Bertz CT molecular complexity index is 1510. The number of amidine groups is 1. The molecule has 1 aliphatic carbocycles. The highest BCUT2D eigenvalue weighted by molar-refractivity contribution is 5.96. The number of hydrogen-bond donors (Lipinski definition) is 0. The van der Waals surface area contributed by atoms with Crippen LogP contribution in [0.1, 0.15) is 62.3 Å². The van der Waals surface area contributed by atoms with E-state index in [-0.39, 0.29) is 0 Å². The van der Waals surface area contributed by atoms with Crippen molar-refractivity contribution in [2.24, 2.45) is 4.99 Å². The van der Waals surface area contributed by atoms with E-state index in [2.05, 4.69) is 4.99 Å². The van der Waals surface area contributed by atoms with E-state index in [1.54, 1.807) is 0 Å². The van der Waals surface area contributed by atoms with Gasteiger partial charge in [-0.1, -0.05) is 0 Å². The molecule has 0 radical (unpaired) electrons. The van der Waals surface area contributed by atoms with Crippen molar-refractivity contribution in [2.75, 3.05) is 13.2 Å². The number of amides is 1. The minimum atomic E-state index is -2.29. The van der Waals surface area contributed by atoms with Crippen LogP contribution in [0, 0.1) is 0 Å². The Morgan fingerprint density at radius 2 is 1.12 bits per heavy atom. The smallest absolute Gasteiger partial charge is 0.303 e. The Kier molecular flexibility index (Phi) is 13.3. The summed E-state index contributed by atoms with van der Waals surface area (Å²) in [5.74, 6) is -8.12. The molecule has 0 bridgehead atoms. The molecule has 0 unspecified atom stereocenters. The molecular weight excluding hydrogens is 706 g/mol. The molecule has 1 amide bonds. The molecule has 0 aromatic rings. The molecule has 2 heterocycles. The van der Waals surface area contributed by atoms with Crippen LogP contribution >= 0.6 is 0 Å². The first-order valence-electron chi connectivity index (χ1n) is 15.7. The number of carbonyl (C=O) groups excluding carboxylic acids is 9. The molecule has 0 spiro atoms. The lowest BCUT2D eigenvalue weighted by molar-refractivity contribution is -0.251. The fraction of sp³-hybridized carbons (Fsp3) is 0.677. The van der Waals surface area contributed by atoms with Gasteiger partial charge >= 0.3 is 47.8 Å². The lowest BCUT2D eigenvalue weighted by Gasteiger charge is -2.43. The summed E-state index contributed by atoms with van der Waals surface area (Å²) in [5, 5.41) is 0. The summed E-state index contributed by atoms with van der Waals surface area (Å²) in [6.45, 7) is 7.75. The van der Waals surface area contributed by atoms with E-state index in [0.29, 0.717) is 0 Å². The minimum Gasteiger partial charge on any atom is -0.463 e. The van der Waals surface area contributed by atoms with Gasteiger partial charge in [-0.15, -0.1) is 0 Å². The number of carbonyl (C=O) groups is 9. The molecule has 2 aliphatic heterocycles. The molecule has 288 valence electrons. The van der Waals surface area contributed by atoms with Gasteiger partial charge in [-0.2, -0.15) is 4.99 Å². The van der Waals surface area contributed by atoms with Crippen LogP contribution < -0.4 is 0 Å². The summed E-state index contributed by atoms with van der Waals surface area (Å²) in [7, 11) is 0. The fourth-order valence-electron chi connectivity index (χ4n) is 6.18. The monoisotopic (exact) mass is 746 g/mol. The Hall–Kier alpha value is -5.34. The number of fused-ring (bicyclic) bond motifs is 1. The molecular formula is C31H40N2O19. The third-order valence-corrected chi connectivity index (χ3v) is 7.61. The van der Waals surface area contributed by atoms with Gasteiger partial charge in [0.15, 0.2) is 42.9 Å². The summed E-state index contributed by atoms with van der Waals surface area (Å²) >= 11 is 0. The van der Waals surface area contributed by atoms with Crippen LogP contribution in [-0.2, 0) is 90.5 Å². The van der Waals surface area contributed by atoms with Crippen molar-refractivity contribution in [3.05, 3.63) is 0 Å². The van der Waals surface area contributed by atoms with Gasteiger partial charge in [0.2, 0.25) is 11.5 Å². The third kappa shape index (κ3) is 9.50. The number of rotatable bonds is 11. The Morgan fingerprint density at radius 1 is 0.615 bits per heavy atom. The van der Waals surface area contributed by atoms with Crippen molar-refractivity contribution in [3.8, 4) is 0 Å². The highest BCUT2D eigenvalue weighted by atomic mass is 16.7. The van der Waals surface area contributed by atoms with E-state index in [9.17, 15) is 43.2 Å². The maximum absolute atomic E-state index is 13.5. The van der Waals surface area contributed by atoms with Gasteiger partial charge in [0.05, 0.1) is 0 Å². The maximum atomic E-state index is 13.5. The second kappa shape index (κ2) is 16.8. The molecule has 3 rings (SSSR count). The average molecular weight is 747 g/mol. The van der Waals surface area contributed by atoms with E-state index in [1.165, 1.54) is 0 Å². The highest BCUT2D eigenvalue weighted by Crippen LogP contribution is 2.47. The fourth-order valence-corrected chi connectivity index (χ4v) is 6.18. The van der Waals surface area contributed by atoms with Crippen LogP contribution in [0.2, 0.25) is 0 Å². The molecule has 21 heteroatoms. The van der Waals surface area contributed by atoms with Crippen LogP contribution in [0.5, 0.6) is 0 Å². The van der Waals surface area contributed by atoms with Gasteiger partial charge in [0, 0.05) is 62.3 Å². The summed E-state index contributed by atoms with van der Waals surface area (Å²) in [4.78, 5) is 117. The van der Waals surface area contributed by atoms with Crippen LogP contribution in [0.3, 0.4) is 0 Å². The van der Waals surface area contributed by atoms with E-state index in [1.807, 2.05) is 0 Å². The van der Waals surface area contributed by atoms with Gasteiger partial charge in [0.1, 0.15) is 25.4 Å². The van der Waals surface area contributed by atoms with Crippen molar-refractivity contribution >= 4 is 59.7 Å². The molecule has 52 heavy (non-hydrogen) atoms. The lowest BCUT2D eigenvalue weighted by Crippen LogP contribution is -2.63. The van der Waals surface area contributed by atoms with Crippen LogP contribution in [0.4, 0.5) is 0 Å². The van der Waals surface area contributed by atoms with E-state index >= 15 is 0 Å². The molecule has 2 saturated heterocycles. The van der Waals surface area contributed by atoms with Gasteiger partial charge in [0.25, 0.3) is 6.02 Å². The Morgan fingerprint density at radius 3 is 1.60 bits per heavy atom. The molecule has 3 fully saturated rings. The quantitative estimate of drug-likeness (QED) is 0.104. The number of aliphatic imine (C=N–C) groups is 1. The van der Waals surface area contributed by atoms with E-state index < -0.39 is 133 Å². The molecule has 3 aliphatic rings. The van der Waals surface area contributed by atoms with Crippen LogP contribution in [-0.4, -0.2) is 138 Å². The van der Waals surface area contributed by atoms with Gasteiger partial charge in [-0.25, -0.2) is 0 Å².